The van der Waals surface area contributed by atoms with Crippen LogP contribution in [0, 0.1) is 13.8 Å². The molecule has 1 heterocycles. The molecule has 2 nitrogen and oxygen atoms in total. The molecule has 0 aromatic carbocycles. The third-order valence-corrected chi connectivity index (χ3v) is 2.05. The Morgan fingerprint density at radius 3 is 2.23 bits per heavy atom. The summed E-state index contributed by atoms with van der Waals surface area (Å²) < 4.78 is 2.14. The fourth-order valence-corrected chi connectivity index (χ4v) is 1.43. The van der Waals surface area contributed by atoms with Gasteiger partial charge in [0, 0.05) is 18.4 Å². The van der Waals surface area contributed by atoms with Gasteiger partial charge in [-0.1, -0.05) is 6.08 Å². The van der Waals surface area contributed by atoms with Crippen molar-refractivity contribution in [1.29, 1.82) is 0 Å². The minimum atomic E-state index is 0.988. The Hall–Kier alpha value is -1.31. The summed E-state index contributed by atoms with van der Waals surface area (Å²) in [5, 5.41) is 0. The van der Waals surface area contributed by atoms with E-state index in [0.717, 1.165) is 5.84 Å². The van der Waals surface area contributed by atoms with E-state index in [1.807, 2.05) is 26.1 Å². The molecular weight excluding hydrogens is 160 g/mol. The molecule has 0 bridgehead atoms. The zero-order valence-corrected chi connectivity index (χ0v) is 8.70. The summed E-state index contributed by atoms with van der Waals surface area (Å²) in [7, 11) is 1.81. The van der Waals surface area contributed by atoms with Gasteiger partial charge in [-0.25, -0.2) is 0 Å². The van der Waals surface area contributed by atoms with Gasteiger partial charge >= 0.3 is 0 Å². The first kappa shape index (κ1) is 9.78. The minimum Gasteiger partial charge on any atom is -0.304 e. The number of nitrogens with zero attached hydrogens (tertiary/aromatic N) is 2. The van der Waals surface area contributed by atoms with Crippen molar-refractivity contribution < 1.29 is 0 Å². The molecule has 2 heteroatoms. The van der Waals surface area contributed by atoms with Gasteiger partial charge < -0.3 is 4.57 Å². The van der Waals surface area contributed by atoms with Gasteiger partial charge in [0.25, 0.3) is 0 Å². The molecule has 0 saturated heterocycles. The second-order valence-corrected chi connectivity index (χ2v) is 3.03. The molecule has 0 saturated carbocycles. The molecule has 1 rings (SSSR count). The van der Waals surface area contributed by atoms with E-state index >= 15 is 0 Å². The number of aliphatic imine (C=N–C) groups is 1. The van der Waals surface area contributed by atoms with Crippen molar-refractivity contribution in [3.63, 3.8) is 0 Å². The van der Waals surface area contributed by atoms with Crippen molar-refractivity contribution in [3.05, 3.63) is 35.7 Å². The van der Waals surface area contributed by atoms with Gasteiger partial charge in [0.1, 0.15) is 5.84 Å². The SMILES string of the molecule is C/C=C\C(=N/C)n1c(C)ccc1C. The van der Waals surface area contributed by atoms with Gasteiger partial charge in [0.2, 0.25) is 0 Å². The van der Waals surface area contributed by atoms with Gasteiger partial charge in [0.05, 0.1) is 0 Å². The zero-order chi connectivity index (χ0) is 9.84. The summed E-state index contributed by atoms with van der Waals surface area (Å²) in [6.45, 7) is 6.17. The minimum absolute atomic E-state index is 0.988. The number of aryl methyl sites for hydroxylation is 2. The van der Waals surface area contributed by atoms with E-state index in [9.17, 15) is 0 Å². The Morgan fingerprint density at radius 1 is 1.31 bits per heavy atom. The van der Waals surface area contributed by atoms with Crippen molar-refractivity contribution in [1.82, 2.24) is 4.57 Å². The molecule has 70 valence electrons. The Kier molecular flexibility index (Phi) is 3.07. The lowest BCUT2D eigenvalue weighted by molar-refractivity contribution is 1.02. The summed E-state index contributed by atoms with van der Waals surface area (Å²) in [5.41, 5.74) is 2.44. The predicted octanol–water partition coefficient (Wildman–Crippen LogP) is 2.56. The Bertz CT molecular complexity index is 323. The number of rotatable bonds is 1. The molecule has 1 aromatic heterocycles. The smallest absolute Gasteiger partial charge is 0.131 e. The molecule has 13 heavy (non-hydrogen) atoms. The van der Waals surface area contributed by atoms with Crippen molar-refractivity contribution in [2.24, 2.45) is 4.99 Å². The maximum atomic E-state index is 4.23. The summed E-state index contributed by atoms with van der Waals surface area (Å²) >= 11 is 0. The first-order valence-corrected chi connectivity index (χ1v) is 4.45. The summed E-state index contributed by atoms with van der Waals surface area (Å²) in [6, 6.07) is 4.20. The molecule has 0 N–H and O–H groups in total. The van der Waals surface area contributed by atoms with E-state index in [0.29, 0.717) is 0 Å². The maximum absolute atomic E-state index is 4.23. The maximum Gasteiger partial charge on any atom is 0.131 e. The molecule has 0 fully saturated rings. The summed E-state index contributed by atoms with van der Waals surface area (Å²) in [5.74, 6) is 0.988. The van der Waals surface area contributed by atoms with Crippen LogP contribution in [0.5, 0.6) is 0 Å². The van der Waals surface area contributed by atoms with E-state index in [1.165, 1.54) is 11.4 Å². The van der Waals surface area contributed by atoms with Crippen LogP contribution in [-0.4, -0.2) is 17.5 Å². The van der Waals surface area contributed by atoms with E-state index in [4.69, 9.17) is 0 Å². The van der Waals surface area contributed by atoms with Gasteiger partial charge in [-0.3, -0.25) is 4.99 Å². The number of aromatic nitrogens is 1. The molecule has 0 aliphatic rings. The molecule has 0 radical (unpaired) electrons. The van der Waals surface area contributed by atoms with Gasteiger partial charge in [-0.15, -0.1) is 0 Å². The average molecular weight is 176 g/mol. The third kappa shape index (κ3) is 1.89. The molecule has 0 atom stereocenters. The lowest BCUT2D eigenvalue weighted by atomic mass is 10.4. The van der Waals surface area contributed by atoms with Gasteiger partial charge in [-0.05, 0) is 39.0 Å². The van der Waals surface area contributed by atoms with Crippen molar-refractivity contribution in [2.75, 3.05) is 7.05 Å². The predicted molar refractivity (Wildman–Crippen MR) is 57.5 cm³/mol. The van der Waals surface area contributed by atoms with Crippen LogP contribution in [0.25, 0.3) is 0 Å². The fourth-order valence-electron chi connectivity index (χ4n) is 1.43. The van der Waals surface area contributed by atoms with E-state index in [-0.39, 0.29) is 0 Å². The van der Waals surface area contributed by atoms with Gasteiger partial charge in [-0.2, -0.15) is 0 Å². The Balaban J connectivity index is 3.19. The largest absolute Gasteiger partial charge is 0.304 e. The quantitative estimate of drug-likeness (QED) is 0.462. The first-order valence-electron chi connectivity index (χ1n) is 4.45. The molecular formula is C11H16N2. The summed E-state index contributed by atoms with van der Waals surface area (Å²) in [6.07, 6.45) is 4.02. The normalized spacial score (nSPS) is 12.8. The standard InChI is InChI=1S/C11H16N2/c1-5-6-11(12-4)13-9(2)7-8-10(13)3/h5-8H,1-4H3/b6-5-,12-11+. The number of hydrogen-bond donors (Lipinski definition) is 0. The monoisotopic (exact) mass is 176 g/mol. The zero-order valence-electron chi connectivity index (χ0n) is 8.70. The highest BCUT2D eigenvalue weighted by atomic mass is 15.1. The van der Waals surface area contributed by atoms with Crippen LogP contribution in [-0.2, 0) is 0 Å². The molecule has 0 aliphatic heterocycles. The van der Waals surface area contributed by atoms with Crippen LogP contribution < -0.4 is 0 Å². The molecule has 1 aromatic rings. The van der Waals surface area contributed by atoms with Crippen molar-refractivity contribution >= 4 is 5.84 Å². The van der Waals surface area contributed by atoms with Crippen LogP contribution in [0.15, 0.2) is 29.3 Å². The van der Waals surface area contributed by atoms with E-state index < -0.39 is 0 Å². The lowest BCUT2D eigenvalue weighted by Gasteiger charge is -2.07. The highest BCUT2D eigenvalue weighted by Gasteiger charge is 2.03. The van der Waals surface area contributed by atoms with Crippen molar-refractivity contribution in [3.8, 4) is 0 Å². The molecule has 0 aliphatic carbocycles. The lowest BCUT2D eigenvalue weighted by Crippen LogP contribution is -2.11. The van der Waals surface area contributed by atoms with Crippen LogP contribution in [0.2, 0.25) is 0 Å². The molecule has 0 unspecified atom stereocenters. The van der Waals surface area contributed by atoms with Crippen LogP contribution in [0.4, 0.5) is 0 Å². The van der Waals surface area contributed by atoms with Crippen LogP contribution >= 0.6 is 0 Å². The third-order valence-electron chi connectivity index (χ3n) is 2.05. The summed E-state index contributed by atoms with van der Waals surface area (Å²) in [4.78, 5) is 4.23. The molecule has 0 spiro atoms. The van der Waals surface area contributed by atoms with Gasteiger partial charge in [0.15, 0.2) is 0 Å². The highest BCUT2D eigenvalue weighted by molar-refractivity contribution is 5.95. The molecule has 0 amide bonds. The Morgan fingerprint density at radius 2 is 1.85 bits per heavy atom. The topological polar surface area (TPSA) is 17.3 Å². The van der Waals surface area contributed by atoms with E-state index in [1.54, 1.807) is 0 Å². The van der Waals surface area contributed by atoms with Crippen molar-refractivity contribution in [2.45, 2.75) is 20.8 Å². The highest BCUT2D eigenvalue weighted by Crippen LogP contribution is 2.07. The first-order chi connectivity index (χ1) is 6.20. The second kappa shape index (κ2) is 4.08. The second-order valence-electron chi connectivity index (χ2n) is 3.03. The number of hydrogen-bond acceptors (Lipinski definition) is 1. The van der Waals surface area contributed by atoms with Crippen LogP contribution in [0.3, 0.4) is 0 Å². The average Bonchev–Trinajstić information content (AvgIpc) is 2.43. The Labute approximate surface area is 79.6 Å². The number of allylic oxidation sites excluding steroid dienone is 2. The van der Waals surface area contributed by atoms with Crippen LogP contribution in [0.1, 0.15) is 18.3 Å². The fraction of sp³-hybridized carbons (Fsp3) is 0.364. The van der Waals surface area contributed by atoms with E-state index in [2.05, 4.69) is 35.5 Å².